The maximum atomic E-state index is 13.4. The smallest absolute Gasteiger partial charge is 0.335 e. The summed E-state index contributed by atoms with van der Waals surface area (Å²) in [5.41, 5.74) is 1.29. The zero-order valence-electron chi connectivity index (χ0n) is 23.2. The summed E-state index contributed by atoms with van der Waals surface area (Å²) in [4.78, 5) is 31.7. The Hall–Kier alpha value is -3.00. The molecule has 2 saturated heterocycles. The molecule has 12 nitrogen and oxygen atoms in total. The number of nitrogens with zero attached hydrogens (tertiary/aromatic N) is 2. The van der Waals surface area contributed by atoms with Crippen LogP contribution in [0.3, 0.4) is 0 Å². The molecule has 1 amide bonds. The minimum Gasteiger partial charge on any atom is -0.479 e. The molecule has 2 aliphatic rings. The highest BCUT2D eigenvalue weighted by atomic mass is 35.5. The van der Waals surface area contributed by atoms with Gasteiger partial charge in [0.1, 0.15) is 29.9 Å². The number of nitrogens with one attached hydrogen (secondary N) is 2. The van der Waals surface area contributed by atoms with E-state index in [1.807, 2.05) is 6.92 Å². The summed E-state index contributed by atoms with van der Waals surface area (Å²) in [6.07, 6.45) is -5.55. The normalized spacial score (nSPS) is 25.6. The lowest BCUT2D eigenvalue weighted by molar-refractivity contribution is -0.271. The van der Waals surface area contributed by atoms with Crippen LogP contribution in [0.25, 0.3) is 0 Å². The van der Waals surface area contributed by atoms with Crippen molar-refractivity contribution >= 4 is 35.0 Å². The van der Waals surface area contributed by atoms with E-state index in [1.165, 1.54) is 12.1 Å². The van der Waals surface area contributed by atoms with Gasteiger partial charge in [-0.15, -0.1) is 0 Å². The summed E-state index contributed by atoms with van der Waals surface area (Å²) in [6, 6.07) is 6.78. The van der Waals surface area contributed by atoms with Gasteiger partial charge in [-0.05, 0) is 70.3 Å². The number of aliphatic hydroxyl groups is 3. The molecule has 0 saturated carbocycles. The Morgan fingerprint density at radius 3 is 2.46 bits per heavy atom. The zero-order chi connectivity index (χ0) is 29.8. The lowest BCUT2D eigenvalue weighted by Gasteiger charge is -2.38. The highest BCUT2D eigenvalue weighted by Crippen LogP contribution is 2.36. The topological polar surface area (TPSA) is 174 Å². The first kappa shape index (κ1) is 30.9. The molecule has 2 aliphatic heterocycles. The number of pyridine rings is 1. The van der Waals surface area contributed by atoms with Crippen LogP contribution in [-0.4, -0.2) is 98.6 Å². The van der Waals surface area contributed by atoms with Crippen LogP contribution in [0.4, 0.5) is 11.5 Å². The number of aromatic nitrogens is 1. The van der Waals surface area contributed by atoms with E-state index >= 15 is 0 Å². The number of hydrogen-bond donors (Lipinski definition) is 6. The Balaban J connectivity index is 1.63. The molecule has 5 atom stereocenters. The van der Waals surface area contributed by atoms with E-state index in [0.717, 1.165) is 31.5 Å². The van der Waals surface area contributed by atoms with E-state index in [2.05, 4.69) is 34.4 Å². The maximum Gasteiger partial charge on any atom is 0.335 e. The van der Waals surface area contributed by atoms with E-state index in [4.69, 9.17) is 21.1 Å². The average molecular weight is 593 g/mol. The number of benzene rings is 1. The van der Waals surface area contributed by atoms with Crippen LogP contribution in [0.5, 0.6) is 5.75 Å². The van der Waals surface area contributed by atoms with Crippen molar-refractivity contribution in [1.82, 2.24) is 9.88 Å². The molecule has 0 radical (unpaired) electrons. The second kappa shape index (κ2) is 13.3. The Bertz CT molecular complexity index is 1220. The van der Waals surface area contributed by atoms with Crippen molar-refractivity contribution in [3.05, 3.63) is 46.6 Å². The van der Waals surface area contributed by atoms with Crippen LogP contribution in [0.15, 0.2) is 30.5 Å². The Kier molecular flexibility index (Phi) is 10.1. The largest absolute Gasteiger partial charge is 0.479 e. The number of hydrogen-bond acceptors (Lipinski definition) is 10. The number of aliphatic carboxylic acids is 1. The number of halogens is 1. The molecule has 6 N–H and O–H groups in total. The van der Waals surface area contributed by atoms with Crippen molar-refractivity contribution in [2.24, 2.45) is 5.92 Å². The first-order valence-corrected chi connectivity index (χ1v) is 14.0. The van der Waals surface area contributed by atoms with Gasteiger partial charge in [-0.2, -0.15) is 0 Å². The summed E-state index contributed by atoms with van der Waals surface area (Å²) >= 11 is 6.37. The van der Waals surface area contributed by atoms with E-state index in [0.29, 0.717) is 24.3 Å². The second-order valence-electron chi connectivity index (χ2n) is 10.8. The van der Waals surface area contributed by atoms with Gasteiger partial charge in [0.05, 0.1) is 11.3 Å². The first-order valence-electron chi connectivity index (χ1n) is 13.6. The molecule has 3 heterocycles. The molecule has 0 spiro atoms. The molecule has 4 rings (SSSR count). The fourth-order valence-corrected chi connectivity index (χ4v) is 5.16. The molecule has 13 heteroatoms. The number of piperidine rings is 1. The van der Waals surface area contributed by atoms with Crippen LogP contribution in [0.2, 0.25) is 5.02 Å². The summed E-state index contributed by atoms with van der Waals surface area (Å²) in [7, 11) is 0. The van der Waals surface area contributed by atoms with Crippen molar-refractivity contribution in [3.63, 3.8) is 0 Å². The number of amides is 1. The van der Waals surface area contributed by atoms with Gasteiger partial charge in [-0.1, -0.05) is 17.7 Å². The fraction of sp³-hybridized carbons (Fsp3) is 0.536. The molecule has 0 unspecified atom stereocenters. The van der Waals surface area contributed by atoms with E-state index < -0.39 is 42.6 Å². The van der Waals surface area contributed by atoms with Gasteiger partial charge in [-0.3, -0.25) is 4.79 Å². The monoisotopic (exact) mass is 592 g/mol. The first-order chi connectivity index (χ1) is 19.4. The predicted molar refractivity (Wildman–Crippen MR) is 151 cm³/mol. The van der Waals surface area contributed by atoms with Gasteiger partial charge in [0.15, 0.2) is 6.10 Å². The summed E-state index contributed by atoms with van der Waals surface area (Å²) in [6.45, 7) is 8.59. The number of ether oxygens (including phenoxy) is 2. The van der Waals surface area contributed by atoms with Gasteiger partial charge in [0.2, 0.25) is 6.29 Å². The van der Waals surface area contributed by atoms with Gasteiger partial charge in [0.25, 0.3) is 5.91 Å². The summed E-state index contributed by atoms with van der Waals surface area (Å²) < 4.78 is 11.2. The lowest BCUT2D eigenvalue weighted by Crippen LogP contribution is -2.61. The SMILES string of the molecule is Cc1ccc(NC(=O)c2cc(Cl)cc(O[C@@H]3O[C@H](C(=O)O)[C@@H](O)[C@H](O)[C@H]3O)c2NCC2CCN(C(C)C)CC2)nc1. The number of carbonyl (C=O) groups is 2. The Morgan fingerprint density at radius 1 is 1.15 bits per heavy atom. The number of carbonyl (C=O) groups excluding carboxylic acids is 1. The predicted octanol–water partition coefficient (Wildman–Crippen LogP) is 2.10. The van der Waals surface area contributed by atoms with Gasteiger partial charge in [0, 0.05) is 29.9 Å². The second-order valence-corrected chi connectivity index (χ2v) is 11.2. The highest BCUT2D eigenvalue weighted by Gasteiger charge is 2.48. The minimum atomic E-state index is -1.88. The number of anilines is 2. The summed E-state index contributed by atoms with van der Waals surface area (Å²) in [5, 5.41) is 46.4. The molecule has 0 aliphatic carbocycles. The van der Waals surface area contributed by atoms with Crippen LogP contribution in [-0.2, 0) is 9.53 Å². The lowest BCUT2D eigenvalue weighted by atomic mass is 9.95. The van der Waals surface area contributed by atoms with Gasteiger partial charge >= 0.3 is 5.97 Å². The number of aryl methyl sites for hydroxylation is 1. The van der Waals surface area contributed by atoms with E-state index in [-0.39, 0.29) is 22.0 Å². The van der Waals surface area contributed by atoms with Gasteiger partial charge in [-0.25, -0.2) is 9.78 Å². The molecule has 1 aromatic carbocycles. The third-order valence-electron chi connectivity index (χ3n) is 7.47. The molecule has 2 aromatic rings. The molecule has 1 aromatic heterocycles. The minimum absolute atomic E-state index is 0.00379. The van der Waals surface area contributed by atoms with Crippen molar-refractivity contribution < 1.29 is 39.5 Å². The van der Waals surface area contributed by atoms with Crippen LogP contribution in [0.1, 0.15) is 42.6 Å². The molecular weight excluding hydrogens is 556 g/mol. The zero-order valence-corrected chi connectivity index (χ0v) is 23.9. The third-order valence-corrected chi connectivity index (χ3v) is 7.69. The molecule has 0 bridgehead atoms. The third kappa shape index (κ3) is 7.45. The molecular formula is C28H37ClN4O8. The number of carboxylic acids is 1. The quantitative estimate of drug-likeness (QED) is 0.252. The number of carboxylic acid groups (broad SMARTS) is 1. The summed E-state index contributed by atoms with van der Waals surface area (Å²) in [5.74, 6) is -1.46. The standard InChI is InChI=1S/C28H37ClN4O8/c1-14(2)33-8-6-16(7-9-33)13-31-21-18(26(37)32-20-5-4-15(3)12-30-20)10-17(29)11-19(21)40-28-24(36)22(34)23(35)25(41-28)27(38)39/h4-5,10-12,14,16,22-25,28,31,34-36H,6-9,13H2,1-3H3,(H,38,39)(H,30,32,37)/t22-,23-,24+,25-,28+/m0/s1. The average Bonchev–Trinajstić information content (AvgIpc) is 2.93. The number of likely N-dealkylation sites (tertiary alicyclic amines) is 1. The fourth-order valence-electron chi connectivity index (χ4n) is 4.96. The van der Waals surface area contributed by atoms with Gasteiger partial charge < -0.3 is 45.4 Å². The van der Waals surface area contributed by atoms with Crippen molar-refractivity contribution in [2.45, 2.75) is 70.4 Å². The van der Waals surface area contributed by atoms with Crippen molar-refractivity contribution in [3.8, 4) is 5.75 Å². The number of aliphatic hydroxyl groups excluding tert-OH is 3. The van der Waals surface area contributed by atoms with Crippen molar-refractivity contribution in [2.75, 3.05) is 30.3 Å². The highest BCUT2D eigenvalue weighted by molar-refractivity contribution is 6.31. The van der Waals surface area contributed by atoms with E-state index in [1.54, 1.807) is 18.3 Å². The Labute approximate surface area is 243 Å². The number of rotatable bonds is 9. The maximum absolute atomic E-state index is 13.4. The molecule has 224 valence electrons. The van der Waals surface area contributed by atoms with Crippen LogP contribution >= 0.6 is 11.6 Å². The Morgan fingerprint density at radius 2 is 1.85 bits per heavy atom. The molecule has 41 heavy (non-hydrogen) atoms. The van der Waals surface area contributed by atoms with Crippen LogP contribution < -0.4 is 15.4 Å². The van der Waals surface area contributed by atoms with E-state index in [9.17, 15) is 30.0 Å². The van der Waals surface area contributed by atoms with Crippen molar-refractivity contribution in [1.29, 1.82) is 0 Å². The van der Waals surface area contributed by atoms with Crippen LogP contribution in [0, 0.1) is 12.8 Å². The molecule has 2 fully saturated rings.